The Morgan fingerprint density at radius 3 is 2.80 bits per heavy atom. The molecular weight excluding hydrogens is 157 g/mol. The van der Waals surface area contributed by atoms with Crippen LogP contribution in [0, 0.1) is 5.82 Å². The first-order chi connectivity index (χ1) is 4.72. The van der Waals surface area contributed by atoms with Crippen molar-refractivity contribution in [2.45, 2.75) is 4.90 Å². The zero-order valence-corrected chi connectivity index (χ0v) is 5.64. The van der Waals surface area contributed by atoms with E-state index in [-0.39, 0.29) is 4.90 Å². The Morgan fingerprint density at radius 1 is 1.70 bits per heavy atom. The highest BCUT2D eigenvalue weighted by atomic mass is 32.2. The fraction of sp³-hybridized carbons (Fsp3) is 0. The van der Waals surface area contributed by atoms with Crippen LogP contribution in [0.1, 0.15) is 0 Å². The van der Waals surface area contributed by atoms with Crippen molar-refractivity contribution in [3.8, 4) is 0 Å². The van der Waals surface area contributed by atoms with E-state index in [0.717, 1.165) is 12.3 Å². The SMILES string of the molecule is O=S(O)c1ccncc1F. The first kappa shape index (κ1) is 7.30. The van der Waals surface area contributed by atoms with Gasteiger partial charge in [0.1, 0.15) is 4.90 Å². The molecule has 0 spiro atoms. The molecule has 0 aliphatic carbocycles. The molecule has 3 nitrogen and oxygen atoms in total. The fourth-order valence-electron chi connectivity index (χ4n) is 0.504. The molecule has 5 heteroatoms. The lowest BCUT2D eigenvalue weighted by molar-refractivity contribution is 0.542. The molecule has 1 unspecified atom stereocenters. The van der Waals surface area contributed by atoms with Crippen LogP contribution in [0.15, 0.2) is 23.4 Å². The molecule has 1 rings (SSSR count). The van der Waals surface area contributed by atoms with Gasteiger partial charge in [0.2, 0.25) is 0 Å². The van der Waals surface area contributed by atoms with Gasteiger partial charge in [0.15, 0.2) is 16.9 Å². The standard InChI is InChI=1S/C5H4FNO2S/c6-4-3-7-2-1-5(4)10(8)9/h1-3H,(H,8,9). The molecule has 0 aliphatic heterocycles. The number of rotatable bonds is 1. The third kappa shape index (κ3) is 1.37. The summed E-state index contributed by atoms with van der Waals surface area (Å²) in [6.07, 6.45) is 2.15. The first-order valence-electron chi connectivity index (χ1n) is 2.42. The maximum Gasteiger partial charge on any atom is 0.189 e. The molecule has 10 heavy (non-hydrogen) atoms. The number of pyridine rings is 1. The first-order valence-corrected chi connectivity index (χ1v) is 3.53. The molecule has 1 aromatic heterocycles. The summed E-state index contributed by atoms with van der Waals surface area (Å²) in [6, 6.07) is 1.16. The Labute approximate surface area is 59.2 Å². The lowest BCUT2D eigenvalue weighted by atomic mass is 10.5. The van der Waals surface area contributed by atoms with Crippen LogP contribution in [0.3, 0.4) is 0 Å². The summed E-state index contributed by atoms with van der Waals surface area (Å²) in [4.78, 5) is 3.17. The highest BCUT2D eigenvalue weighted by Crippen LogP contribution is 2.06. The van der Waals surface area contributed by atoms with Gasteiger partial charge in [0.05, 0.1) is 6.20 Å². The second-order valence-corrected chi connectivity index (χ2v) is 2.49. The van der Waals surface area contributed by atoms with Crippen LogP contribution in [0.4, 0.5) is 4.39 Å². The molecule has 1 heterocycles. The Hall–Kier alpha value is -0.810. The quantitative estimate of drug-likeness (QED) is 0.620. The number of halogens is 1. The zero-order chi connectivity index (χ0) is 7.56. The van der Waals surface area contributed by atoms with Crippen LogP contribution in [-0.4, -0.2) is 13.7 Å². The molecule has 0 fully saturated rings. The average Bonchev–Trinajstić information content (AvgIpc) is 1.88. The van der Waals surface area contributed by atoms with E-state index in [0.29, 0.717) is 0 Å². The summed E-state index contributed by atoms with van der Waals surface area (Å²) in [5, 5.41) is 0. The van der Waals surface area contributed by atoms with Gasteiger partial charge in [0.25, 0.3) is 0 Å². The highest BCUT2D eigenvalue weighted by Gasteiger charge is 2.05. The van der Waals surface area contributed by atoms with Crippen LogP contribution >= 0.6 is 0 Å². The maximum atomic E-state index is 12.4. The lowest BCUT2D eigenvalue weighted by Gasteiger charge is -1.93. The van der Waals surface area contributed by atoms with Gasteiger partial charge < -0.3 is 4.55 Å². The number of hydrogen-bond donors (Lipinski definition) is 1. The van der Waals surface area contributed by atoms with Gasteiger partial charge in [-0.15, -0.1) is 0 Å². The molecule has 0 bridgehead atoms. The van der Waals surface area contributed by atoms with Crippen LogP contribution in [0.5, 0.6) is 0 Å². The predicted octanol–water partition coefficient (Wildman–Crippen LogP) is 0.801. The van der Waals surface area contributed by atoms with E-state index >= 15 is 0 Å². The summed E-state index contributed by atoms with van der Waals surface area (Å²) in [6.45, 7) is 0. The number of nitrogens with zero attached hydrogens (tertiary/aromatic N) is 1. The van der Waals surface area contributed by atoms with E-state index in [2.05, 4.69) is 4.98 Å². The van der Waals surface area contributed by atoms with Gasteiger partial charge in [-0.2, -0.15) is 0 Å². The average molecular weight is 161 g/mol. The molecule has 54 valence electrons. The van der Waals surface area contributed by atoms with Crippen molar-refractivity contribution in [1.82, 2.24) is 4.98 Å². The molecule has 0 amide bonds. The highest BCUT2D eigenvalue weighted by molar-refractivity contribution is 7.79. The lowest BCUT2D eigenvalue weighted by Crippen LogP contribution is -1.92. The molecule has 1 aromatic rings. The van der Waals surface area contributed by atoms with Gasteiger partial charge in [-0.3, -0.25) is 4.98 Å². The van der Waals surface area contributed by atoms with Gasteiger partial charge in [-0.1, -0.05) is 0 Å². The smallest absolute Gasteiger partial charge is 0.189 e. The van der Waals surface area contributed by atoms with Gasteiger partial charge >= 0.3 is 0 Å². The van der Waals surface area contributed by atoms with Crippen molar-refractivity contribution in [3.63, 3.8) is 0 Å². The molecule has 0 aromatic carbocycles. The minimum absolute atomic E-state index is 0.241. The third-order valence-electron chi connectivity index (χ3n) is 0.923. The van der Waals surface area contributed by atoms with E-state index in [4.69, 9.17) is 4.55 Å². The Kier molecular flexibility index (Phi) is 2.08. The van der Waals surface area contributed by atoms with Gasteiger partial charge in [-0.05, 0) is 6.07 Å². The Bertz CT molecular complexity index is 266. The van der Waals surface area contributed by atoms with Gasteiger partial charge in [-0.25, -0.2) is 8.60 Å². The van der Waals surface area contributed by atoms with Crippen molar-refractivity contribution in [3.05, 3.63) is 24.3 Å². The molecule has 0 saturated heterocycles. The molecule has 1 atom stereocenters. The number of hydrogen-bond acceptors (Lipinski definition) is 2. The van der Waals surface area contributed by atoms with Gasteiger partial charge in [0, 0.05) is 6.20 Å². The second kappa shape index (κ2) is 2.85. The van der Waals surface area contributed by atoms with Crippen LogP contribution in [0.2, 0.25) is 0 Å². The minimum atomic E-state index is -2.26. The van der Waals surface area contributed by atoms with Crippen molar-refractivity contribution in [1.29, 1.82) is 0 Å². The Morgan fingerprint density at radius 2 is 2.40 bits per heavy atom. The summed E-state index contributed by atoms with van der Waals surface area (Å²) in [7, 11) is 0. The third-order valence-corrected chi connectivity index (χ3v) is 1.63. The predicted molar refractivity (Wildman–Crippen MR) is 33.2 cm³/mol. The summed E-state index contributed by atoms with van der Waals surface area (Å²) < 4.78 is 31.1. The zero-order valence-electron chi connectivity index (χ0n) is 4.82. The normalized spacial score (nSPS) is 13.0. The summed E-state index contributed by atoms with van der Waals surface area (Å²) in [5.41, 5.74) is 0. The van der Waals surface area contributed by atoms with Crippen molar-refractivity contribution < 1.29 is 13.2 Å². The largest absolute Gasteiger partial charge is 0.302 e. The van der Waals surface area contributed by atoms with Crippen LogP contribution < -0.4 is 0 Å². The molecular formula is C5H4FNO2S. The maximum absolute atomic E-state index is 12.4. The van der Waals surface area contributed by atoms with Crippen LogP contribution in [0.25, 0.3) is 0 Å². The summed E-state index contributed by atoms with van der Waals surface area (Å²) in [5.74, 6) is -0.761. The van der Waals surface area contributed by atoms with E-state index < -0.39 is 16.9 Å². The van der Waals surface area contributed by atoms with Crippen molar-refractivity contribution in [2.24, 2.45) is 0 Å². The molecule has 0 aliphatic rings. The molecule has 0 saturated carbocycles. The molecule has 0 radical (unpaired) electrons. The number of aromatic nitrogens is 1. The monoisotopic (exact) mass is 161 g/mol. The van der Waals surface area contributed by atoms with Crippen molar-refractivity contribution in [2.75, 3.05) is 0 Å². The van der Waals surface area contributed by atoms with Crippen LogP contribution in [-0.2, 0) is 11.1 Å². The van der Waals surface area contributed by atoms with E-state index in [1.54, 1.807) is 0 Å². The topological polar surface area (TPSA) is 50.2 Å². The minimum Gasteiger partial charge on any atom is -0.302 e. The Balaban J connectivity index is 3.15. The molecule has 1 N–H and O–H groups in total. The van der Waals surface area contributed by atoms with E-state index in [9.17, 15) is 8.60 Å². The second-order valence-electron chi connectivity index (χ2n) is 1.56. The summed E-state index contributed by atoms with van der Waals surface area (Å²) >= 11 is -2.26. The van der Waals surface area contributed by atoms with E-state index in [1.165, 1.54) is 6.20 Å². The fourth-order valence-corrected chi connectivity index (χ4v) is 0.901. The van der Waals surface area contributed by atoms with Crippen molar-refractivity contribution >= 4 is 11.1 Å². The van der Waals surface area contributed by atoms with E-state index in [1.807, 2.05) is 0 Å².